The zero-order valence-electron chi connectivity index (χ0n) is 12.0. The number of carbonyl (C=O) groups is 2. The van der Waals surface area contributed by atoms with Gasteiger partial charge in [0.15, 0.2) is 0 Å². The van der Waals surface area contributed by atoms with Gasteiger partial charge in [-0.2, -0.15) is 0 Å². The van der Waals surface area contributed by atoms with E-state index in [1.807, 2.05) is 48.7 Å². The quantitative estimate of drug-likeness (QED) is 0.798. The molecule has 0 bridgehead atoms. The van der Waals surface area contributed by atoms with Gasteiger partial charge in [0.1, 0.15) is 6.54 Å². The van der Waals surface area contributed by atoms with E-state index < -0.39 is 5.97 Å². The molecule has 2 rings (SSSR count). The van der Waals surface area contributed by atoms with Crippen LogP contribution in [0.25, 0.3) is 11.1 Å². The molecule has 0 aliphatic heterocycles. The Balaban J connectivity index is 2.28. The van der Waals surface area contributed by atoms with Crippen LogP contribution in [0.5, 0.6) is 0 Å². The zero-order valence-corrected chi connectivity index (χ0v) is 12.9. The van der Waals surface area contributed by atoms with Gasteiger partial charge in [-0.25, -0.2) is 0 Å². The highest BCUT2D eigenvalue weighted by Crippen LogP contribution is 2.29. The van der Waals surface area contributed by atoms with Crippen LogP contribution in [0.3, 0.4) is 0 Å². The third-order valence-corrected chi connectivity index (χ3v) is 4.06. The lowest BCUT2D eigenvalue weighted by molar-refractivity contribution is -0.141. The van der Waals surface area contributed by atoms with E-state index in [1.165, 1.54) is 23.3 Å². The van der Waals surface area contributed by atoms with Crippen molar-refractivity contribution < 1.29 is 14.3 Å². The van der Waals surface area contributed by atoms with Crippen LogP contribution in [0.1, 0.15) is 16.6 Å². The average Bonchev–Trinajstić information content (AvgIpc) is 3.02. The second-order valence-corrected chi connectivity index (χ2v) is 5.34. The largest absolute Gasteiger partial charge is 0.468 e. The Morgan fingerprint density at radius 3 is 2.52 bits per heavy atom. The summed E-state index contributed by atoms with van der Waals surface area (Å²) in [6, 6.07) is 11.7. The van der Waals surface area contributed by atoms with Crippen LogP contribution in [0, 0.1) is 0 Å². The summed E-state index contributed by atoms with van der Waals surface area (Å²) >= 11 is 1.39. The second-order valence-electron chi connectivity index (χ2n) is 4.42. The number of carbonyl (C=O) groups excluding carboxylic acids is 2. The van der Waals surface area contributed by atoms with Crippen molar-refractivity contribution in [1.82, 2.24) is 4.90 Å². The summed E-state index contributed by atoms with van der Waals surface area (Å²) in [5.74, 6) is -0.556. The van der Waals surface area contributed by atoms with Gasteiger partial charge in [-0.1, -0.05) is 30.3 Å². The molecule has 0 aliphatic rings. The molecule has 1 aromatic carbocycles. The molecule has 21 heavy (non-hydrogen) atoms. The number of benzene rings is 1. The molecule has 4 nitrogen and oxygen atoms in total. The van der Waals surface area contributed by atoms with Gasteiger partial charge in [0, 0.05) is 12.1 Å². The van der Waals surface area contributed by atoms with E-state index in [1.54, 1.807) is 0 Å². The number of thiophene rings is 1. The third kappa shape index (κ3) is 3.49. The Morgan fingerprint density at radius 2 is 1.90 bits per heavy atom. The number of hydrogen-bond acceptors (Lipinski definition) is 4. The van der Waals surface area contributed by atoms with E-state index in [4.69, 9.17) is 0 Å². The first-order chi connectivity index (χ1) is 10.2. The van der Waals surface area contributed by atoms with Crippen LogP contribution in [-0.2, 0) is 9.53 Å². The summed E-state index contributed by atoms with van der Waals surface area (Å²) in [5.41, 5.74) is 1.89. The van der Waals surface area contributed by atoms with Crippen molar-refractivity contribution in [3.05, 3.63) is 46.7 Å². The Morgan fingerprint density at radius 1 is 1.19 bits per heavy atom. The molecule has 0 unspecified atom stereocenters. The molecule has 1 heterocycles. The maximum atomic E-state index is 12.6. The van der Waals surface area contributed by atoms with Crippen LogP contribution in [0.2, 0.25) is 0 Å². The van der Waals surface area contributed by atoms with Crippen molar-refractivity contribution >= 4 is 23.2 Å². The molecule has 0 spiro atoms. The minimum Gasteiger partial charge on any atom is -0.468 e. The van der Waals surface area contributed by atoms with Gasteiger partial charge in [-0.3, -0.25) is 9.59 Å². The van der Waals surface area contributed by atoms with Gasteiger partial charge < -0.3 is 9.64 Å². The standard InChI is InChI=1S/C16H17NO3S/c1-3-17(11-14(18)20-2)16(19)15-13(9-10-21-15)12-7-5-4-6-8-12/h4-10H,3,11H2,1-2H3. The number of ether oxygens (including phenoxy) is 1. The third-order valence-electron chi connectivity index (χ3n) is 3.16. The van der Waals surface area contributed by atoms with Crippen LogP contribution in [0.15, 0.2) is 41.8 Å². The highest BCUT2D eigenvalue weighted by atomic mass is 32.1. The van der Waals surface area contributed by atoms with Crippen LogP contribution < -0.4 is 0 Å². The first-order valence-corrected chi connectivity index (χ1v) is 7.54. The predicted molar refractivity (Wildman–Crippen MR) is 83.3 cm³/mol. The molecule has 0 N–H and O–H groups in total. The maximum absolute atomic E-state index is 12.6. The highest BCUT2D eigenvalue weighted by molar-refractivity contribution is 7.12. The number of likely N-dealkylation sites (N-methyl/N-ethyl adjacent to an activating group) is 1. The van der Waals surface area contributed by atoms with Crippen molar-refractivity contribution in [2.75, 3.05) is 20.2 Å². The number of hydrogen-bond donors (Lipinski definition) is 0. The maximum Gasteiger partial charge on any atom is 0.325 e. The Bertz CT molecular complexity index is 621. The molecule has 0 saturated carbocycles. The first-order valence-electron chi connectivity index (χ1n) is 6.66. The molecule has 0 atom stereocenters. The summed E-state index contributed by atoms with van der Waals surface area (Å²) in [4.78, 5) is 26.1. The number of methoxy groups -OCH3 is 1. The minimum absolute atomic E-state index is 0.0298. The van der Waals surface area contributed by atoms with Crippen molar-refractivity contribution in [1.29, 1.82) is 0 Å². The van der Waals surface area contributed by atoms with Crippen LogP contribution in [0.4, 0.5) is 0 Å². The van der Waals surface area contributed by atoms with Gasteiger partial charge in [-0.15, -0.1) is 11.3 Å². The fourth-order valence-corrected chi connectivity index (χ4v) is 2.89. The summed E-state index contributed by atoms with van der Waals surface area (Å²) in [7, 11) is 1.32. The molecule has 0 aliphatic carbocycles. The first kappa shape index (κ1) is 15.3. The normalized spacial score (nSPS) is 10.2. The van der Waals surface area contributed by atoms with Crippen molar-refractivity contribution in [3.63, 3.8) is 0 Å². The molecular weight excluding hydrogens is 286 g/mol. The molecule has 2 aromatic rings. The second kappa shape index (κ2) is 7.04. The lowest BCUT2D eigenvalue weighted by Gasteiger charge is -2.19. The minimum atomic E-state index is -0.414. The summed E-state index contributed by atoms with van der Waals surface area (Å²) < 4.78 is 4.64. The average molecular weight is 303 g/mol. The number of amides is 1. The molecule has 0 fully saturated rings. The van der Waals surface area contributed by atoms with E-state index in [2.05, 4.69) is 4.74 Å². The number of rotatable bonds is 5. The van der Waals surface area contributed by atoms with Gasteiger partial charge in [0.05, 0.1) is 12.0 Å². The van der Waals surface area contributed by atoms with E-state index >= 15 is 0 Å². The Hall–Kier alpha value is -2.14. The van der Waals surface area contributed by atoms with E-state index in [-0.39, 0.29) is 12.5 Å². The predicted octanol–water partition coefficient (Wildman–Crippen LogP) is 3.05. The van der Waals surface area contributed by atoms with Gasteiger partial charge >= 0.3 is 5.97 Å². The summed E-state index contributed by atoms with van der Waals surface area (Å²) in [6.45, 7) is 2.27. The number of esters is 1. The van der Waals surface area contributed by atoms with Crippen molar-refractivity contribution in [2.24, 2.45) is 0 Å². The van der Waals surface area contributed by atoms with E-state index in [0.29, 0.717) is 11.4 Å². The fourth-order valence-electron chi connectivity index (χ4n) is 2.01. The Kier molecular flexibility index (Phi) is 5.11. The topological polar surface area (TPSA) is 46.6 Å². The van der Waals surface area contributed by atoms with Crippen molar-refractivity contribution in [3.8, 4) is 11.1 Å². The van der Waals surface area contributed by atoms with Crippen molar-refractivity contribution in [2.45, 2.75) is 6.92 Å². The van der Waals surface area contributed by atoms with Gasteiger partial charge in [-0.05, 0) is 23.9 Å². The molecule has 110 valence electrons. The summed E-state index contributed by atoms with van der Waals surface area (Å²) in [6.07, 6.45) is 0. The van der Waals surface area contributed by atoms with Gasteiger partial charge in [0.25, 0.3) is 5.91 Å². The van der Waals surface area contributed by atoms with Gasteiger partial charge in [0.2, 0.25) is 0 Å². The van der Waals surface area contributed by atoms with E-state index in [9.17, 15) is 9.59 Å². The Labute approximate surface area is 128 Å². The summed E-state index contributed by atoms with van der Waals surface area (Å²) in [5, 5.41) is 1.89. The molecule has 1 amide bonds. The highest BCUT2D eigenvalue weighted by Gasteiger charge is 2.22. The molecule has 1 aromatic heterocycles. The molecule has 0 saturated heterocycles. The van der Waals surface area contributed by atoms with Crippen LogP contribution in [-0.4, -0.2) is 37.0 Å². The molecular formula is C16H17NO3S. The molecule has 0 radical (unpaired) electrons. The van der Waals surface area contributed by atoms with Crippen LogP contribution >= 0.6 is 11.3 Å². The monoisotopic (exact) mass is 303 g/mol. The SMILES string of the molecule is CCN(CC(=O)OC)C(=O)c1sccc1-c1ccccc1. The lowest BCUT2D eigenvalue weighted by atomic mass is 10.1. The molecule has 5 heteroatoms. The number of nitrogens with zero attached hydrogens (tertiary/aromatic N) is 1. The smallest absolute Gasteiger partial charge is 0.325 e. The zero-order chi connectivity index (χ0) is 15.2. The van der Waals surface area contributed by atoms with E-state index in [0.717, 1.165) is 11.1 Å². The fraction of sp³-hybridized carbons (Fsp3) is 0.250. The lowest BCUT2D eigenvalue weighted by Crippen LogP contribution is -2.35.